The molecule has 1 fully saturated rings. The average molecular weight is 358 g/mol. The van der Waals surface area contributed by atoms with Crippen LogP contribution in [-0.4, -0.2) is 17.5 Å². The lowest BCUT2D eigenvalue weighted by atomic mass is 9.87. The van der Waals surface area contributed by atoms with Gasteiger partial charge in [-0.2, -0.15) is 0 Å². The maximum atomic E-state index is 13.7. The fourth-order valence-electron chi connectivity index (χ4n) is 3.74. The zero-order valence-electron chi connectivity index (χ0n) is 15.3. The lowest BCUT2D eigenvalue weighted by Gasteiger charge is -2.26. The van der Waals surface area contributed by atoms with E-state index in [0.29, 0.717) is 18.2 Å². The molecule has 0 saturated heterocycles. The van der Waals surface area contributed by atoms with Gasteiger partial charge in [0.1, 0.15) is 17.3 Å². The number of hydrogen-bond donors (Lipinski definition) is 1. The van der Waals surface area contributed by atoms with Crippen molar-refractivity contribution in [3.63, 3.8) is 0 Å². The van der Waals surface area contributed by atoms with Crippen molar-refractivity contribution < 1.29 is 18.3 Å². The largest absolute Gasteiger partial charge is 0.493 e. The van der Waals surface area contributed by atoms with Gasteiger partial charge in [0, 0.05) is 22.3 Å². The predicted molar refractivity (Wildman–Crippen MR) is 93.3 cm³/mol. The average Bonchev–Trinajstić information content (AvgIpc) is 3.08. The van der Waals surface area contributed by atoms with Gasteiger partial charge >= 0.3 is 0 Å². The SMILES string of the molecule is CC(C)(C)c1cnc(CNC(=O)[C@H]2C[C@@]23CCOc2ccc(F)cc23)o1. The summed E-state index contributed by atoms with van der Waals surface area (Å²) in [7, 11) is 0. The monoisotopic (exact) mass is 358 g/mol. The number of fused-ring (bicyclic) bond motifs is 2. The highest BCUT2D eigenvalue weighted by Crippen LogP contribution is 2.60. The molecule has 0 bridgehead atoms. The number of benzene rings is 1. The summed E-state index contributed by atoms with van der Waals surface area (Å²) in [5.74, 6) is 1.47. The van der Waals surface area contributed by atoms with Gasteiger partial charge in [-0.15, -0.1) is 0 Å². The fraction of sp³-hybridized carbons (Fsp3) is 0.500. The molecule has 4 rings (SSSR count). The van der Waals surface area contributed by atoms with E-state index in [0.717, 1.165) is 24.2 Å². The topological polar surface area (TPSA) is 64.4 Å². The second kappa shape index (κ2) is 5.83. The quantitative estimate of drug-likeness (QED) is 0.912. The number of nitrogens with one attached hydrogen (secondary N) is 1. The molecule has 1 aromatic carbocycles. The molecule has 2 heterocycles. The zero-order valence-corrected chi connectivity index (χ0v) is 15.3. The van der Waals surface area contributed by atoms with E-state index in [1.807, 2.05) is 20.8 Å². The molecule has 26 heavy (non-hydrogen) atoms. The van der Waals surface area contributed by atoms with Gasteiger partial charge in [0.05, 0.1) is 19.3 Å². The van der Waals surface area contributed by atoms with Crippen LogP contribution in [0.15, 0.2) is 28.8 Å². The Morgan fingerprint density at radius 2 is 2.23 bits per heavy atom. The zero-order chi connectivity index (χ0) is 18.5. The molecule has 1 spiro atoms. The van der Waals surface area contributed by atoms with E-state index in [9.17, 15) is 9.18 Å². The van der Waals surface area contributed by atoms with Crippen LogP contribution in [0, 0.1) is 11.7 Å². The Morgan fingerprint density at radius 1 is 1.42 bits per heavy atom. The van der Waals surface area contributed by atoms with Gasteiger partial charge in [-0.3, -0.25) is 4.79 Å². The van der Waals surface area contributed by atoms with Crippen LogP contribution in [0.2, 0.25) is 0 Å². The van der Waals surface area contributed by atoms with Crippen molar-refractivity contribution in [3.8, 4) is 5.75 Å². The molecule has 1 aromatic heterocycles. The molecule has 1 aliphatic carbocycles. The van der Waals surface area contributed by atoms with Crippen molar-refractivity contribution in [2.24, 2.45) is 5.92 Å². The molecule has 138 valence electrons. The first-order chi connectivity index (χ1) is 12.3. The lowest BCUT2D eigenvalue weighted by molar-refractivity contribution is -0.123. The normalized spacial score (nSPS) is 24.1. The van der Waals surface area contributed by atoms with Crippen molar-refractivity contribution in [1.82, 2.24) is 10.3 Å². The Kier molecular flexibility index (Phi) is 3.82. The number of oxazole rings is 1. The highest BCUT2D eigenvalue weighted by molar-refractivity contribution is 5.84. The Morgan fingerprint density at radius 3 is 2.96 bits per heavy atom. The number of carbonyl (C=O) groups excluding carboxylic acids is 1. The summed E-state index contributed by atoms with van der Waals surface area (Å²) in [5.41, 5.74) is 0.397. The summed E-state index contributed by atoms with van der Waals surface area (Å²) in [5, 5.41) is 2.91. The number of nitrogens with zero attached hydrogens (tertiary/aromatic N) is 1. The molecule has 0 radical (unpaired) electrons. The molecule has 1 amide bonds. The fourth-order valence-corrected chi connectivity index (χ4v) is 3.74. The third-order valence-electron chi connectivity index (χ3n) is 5.38. The summed E-state index contributed by atoms with van der Waals surface area (Å²) in [6, 6.07) is 4.55. The standard InChI is InChI=1S/C20H23FN2O3/c1-19(2,3)16-10-22-17(26-16)11-23-18(24)14-9-20(14)6-7-25-15-5-4-12(21)8-13(15)20/h4-5,8,10,14H,6-7,9,11H2,1-3H3,(H,23,24)/t14-,20-/m1/s1. The molecule has 1 saturated carbocycles. The van der Waals surface area contributed by atoms with Crippen molar-refractivity contribution in [1.29, 1.82) is 0 Å². The van der Waals surface area contributed by atoms with Gasteiger partial charge in [0.2, 0.25) is 11.8 Å². The third kappa shape index (κ3) is 2.87. The molecule has 2 aromatic rings. The van der Waals surface area contributed by atoms with Gasteiger partial charge < -0.3 is 14.5 Å². The van der Waals surface area contributed by atoms with Gasteiger partial charge in [-0.25, -0.2) is 9.37 Å². The maximum Gasteiger partial charge on any atom is 0.224 e. The highest BCUT2D eigenvalue weighted by atomic mass is 19.1. The molecule has 5 nitrogen and oxygen atoms in total. The van der Waals surface area contributed by atoms with E-state index in [4.69, 9.17) is 9.15 Å². The third-order valence-corrected chi connectivity index (χ3v) is 5.38. The number of hydrogen-bond acceptors (Lipinski definition) is 4. The number of carbonyl (C=O) groups is 1. The lowest BCUT2D eigenvalue weighted by Crippen LogP contribution is -2.30. The first kappa shape index (κ1) is 17.1. The van der Waals surface area contributed by atoms with Crippen LogP contribution in [0.3, 0.4) is 0 Å². The highest BCUT2D eigenvalue weighted by Gasteiger charge is 2.61. The first-order valence-corrected chi connectivity index (χ1v) is 8.95. The maximum absolute atomic E-state index is 13.7. The van der Waals surface area contributed by atoms with Crippen LogP contribution < -0.4 is 10.1 Å². The predicted octanol–water partition coefficient (Wildman–Crippen LogP) is 3.47. The van der Waals surface area contributed by atoms with Crippen molar-refractivity contribution in [2.45, 2.75) is 51.0 Å². The summed E-state index contributed by atoms with van der Waals surface area (Å²) < 4.78 is 25.0. The molecule has 1 aliphatic heterocycles. The second-order valence-corrected chi connectivity index (χ2v) is 8.24. The van der Waals surface area contributed by atoms with Gasteiger partial charge in [-0.05, 0) is 31.0 Å². The minimum atomic E-state index is -0.299. The van der Waals surface area contributed by atoms with Crippen LogP contribution in [0.4, 0.5) is 4.39 Å². The van der Waals surface area contributed by atoms with E-state index in [1.54, 1.807) is 12.3 Å². The van der Waals surface area contributed by atoms with Crippen LogP contribution >= 0.6 is 0 Å². The van der Waals surface area contributed by atoms with Crippen LogP contribution in [-0.2, 0) is 22.2 Å². The van der Waals surface area contributed by atoms with Gasteiger partial charge in [0.25, 0.3) is 0 Å². The Labute approximate surface area is 151 Å². The Bertz CT molecular complexity index is 855. The number of amides is 1. The van der Waals surface area contributed by atoms with E-state index in [2.05, 4.69) is 10.3 Å². The minimum Gasteiger partial charge on any atom is -0.493 e. The van der Waals surface area contributed by atoms with Crippen LogP contribution in [0.5, 0.6) is 5.75 Å². The molecule has 6 heteroatoms. The molecule has 2 aliphatic rings. The summed E-state index contributed by atoms with van der Waals surface area (Å²) in [6.45, 7) is 6.95. The number of ether oxygens (including phenoxy) is 1. The Balaban J connectivity index is 1.44. The van der Waals surface area contributed by atoms with Gasteiger partial charge in [0.15, 0.2) is 0 Å². The second-order valence-electron chi connectivity index (χ2n) is 8.24. The van der Waals surface area contributed by atoms with Crippen LogP contribution in [0.1, 0.15) is 50.8 Å². The summed E-state index contributed by atoms with van der Waals surface area (Å²) >= 11 is 0. The summed E-state index contributed by atoms with van der Waals surface area (Å²) in [6.07, 6.45) is 3.16. The smallest absolute Gasteiger partial charge is 0.224 e. The number of halogens is 1. The molecular weight excluding hydrogens is 335 g/mol. The van der Waals surface area contributed by atoms with Crippen molar-refractivity contribution in [3.05, 3.63) is 47.4 Å². The van der Waals surface area contributed by atoms with Crippen molar-refractivity contribution in [2.75, 3.05) is 6.61 Å². The molecular formula is C20H23FN2O3. The Hall–Kier alpha value is -2.37. The van der Waals surface area contributed by atoms with Crippen LogP contribution in [0.25, 0.3) is 0 Å². The molecule has 1 N–H and O–H groups in total. The van der Waals surface area contributed by atoms with Gasteiger partial charge in [-0.1, -0.05) is 20.8 Å². The van der Waals surface area contributed by atoms with E-state index in [-0.39, 0.29) is 35.0 Å². The van der Waals surface area contributed by atoms with E-state index >= 15 is 0 Å². The number of rotatable bonds is 3. The number of aromatic nitrogens is 1. The van der Waals surface area contributed by atoms with E-state index < -0.39 is 0 Å². The molecule has 2 atom stereocenters. The minimum absolute atomic E-state index is 0.0439. The first-order valence-electron chi connectivity index (χ1n) is 8.95. The molecule has 0 unspecified atom stereocenters. The van der Waals surface area contributed by atoms with Crippen molar-refractivity contribution >= 4 is 5.91 Å². The van der Waals surface area contributed by atoms with E-state index in [1.165, 1.54) is 12.1 Å². The summed E-state index contributed by atoms with van der Waals surface area (Å²) in [4.78, 5) is 16.9.